The Bertz CT molecular complexity index is 443. The molecule has 2 nitrogen and oxygen atoms in total. The Balaban J connectivity index is 2.62. The molecule has 0 aromatic heterocycles. The van der Waals surface area contributed by atoms with Gasteiger partial charge in [-0.05, 0) is 25.0 Å². The van der Waals surface area contributed by atoms with E-state index in [1.165, 1.54) is 12.1 Å². The number of carbonyl (C=O) groups is 1. The van der Waals surface area contributed by atoms with E-state index in [1.807, 2.05) is 0 Å². The van der Waals surface area contributed by atoms with Crippen molar-refractivity contribution in [3.8, 4) is 0 Å². The van der Waals surface area contributed by atoms with Crippen LogP contribution in [0.3, 0.4) is 0 Å². The van der Waals surface area contributed by atoms with Crippen LogP contribution in [0, 0.1) is 5.82 Å². The standard InChI is InChI=1S/C10H8Cl2FNO/c11-5-1-2-6(13)8(12)7(5)10(3-4-10)9(14)15/h1-2H,3-4H2,(H2,14,15). The van der Waals surface area contributed by atoms with E-state index in [2.05, 4.69) is 0 Å². The van der Waals surface area contributed by atoms with Gasteiger partial charge in [0.05, 0.1) is 10.4 Å². The minimum absolute atomic E-state index is 0.0983. The summed E-state index contributed by atoms with van der Waals surface area (Å²) in [6.07, 6.45) is 1.15. The van der Waals surface area contributed by atoms with E-state index in [1.54, 1.807) is 0 Å². The second-order valence-corrected chi connectivity index (χ2v) is 4.45. The zero-order valence-corrected chi connectivity index (χ0v) is 9.20. The van der Waals surface area contributed by atoms with Gasteiger partial charge in [-0.15, -0.1) is 0 Å². The Morgan fingerprint density at radius 1 is 1.40 bits per heavy atom. The Morgan fingerprint density at radius 3 is 2.47 bits per heavy atom. The third-order valence-corrected chi connectivity index (χ3v) is 3.43. The largest absolute Gasteiger partial charge is 0.369 e. The maximum atomic E-state index is 13.2. The van der Waals surface area contributed by atoms with E-state index < -0.39 is 17.1 Å². The van der Waals surface area contributed by atoms with Crippen molar-refractivity contribution in [3.63, 3.8) is 0 Å². The smallest absolute Gasteiger partial charge is 0.228 e. The van der Waals surface area contributed by atoms with Gasteiger partial charge in [-0.25, -0.2) is 4.39 Å². The van der Waals surface area contributed by atoms with E-state index in [4.69, 9.17) is 28.9 Å². The zero-order chi connectivity index (χ0) is 11.2. The van der Waals surface area contributed by atoms with Crippen molar-refractivity contribution in [2.75, 3.05) is 0 Å². The van der Waals surface area contributed by atoms with Gasteiger partial charge in [0.2, 0.25) is 5.91 Å². The number of amides is 1. The molecule has 1 fully saturated rings. The number of hydrogen-bond acceptors (Lipinski definition) is 1. The number of nitrogens with two attached hydrogens (primary N) is 1. The normalized spacial score (nSPS) is 17.5. The van der Waals surface area contributed by atoms with Gasteiger partial charge in [0, 0.05) is 10.6 Å². The molecule has 5 heteroatoms. The van der Waals surface area contributed by atoms with Gasteiger partial charge in [0.25, 0.3) is 0 Å². The van der Waals surface area contributed by atoms with Crippen molar-refractivity contribution in [1.29, 1.82) is 0 Å². The first-order chi connectivity index (χ1) is 6.99. The number of carbonyl (C=O) groups excluding carboxylic acids is 1. The highest BCUT2D eigenvalue weighted by molar-refractivity contribution is 6.36. The lowest BCUT2D eigenvalue weighted by Crippen LogP contribution is -2.29. The zero-order valence-electron chi connectivity index (χ0n) is 7.69. The van der Waals surface area contributed by atoms with Crippen LogP contribution >= 0.6 is 23.2 Å². The molecule has 0 radical (unpaired) electrons. The summed E-state index contributed by atoms with van der Waals surface area (Å²) in [6, 6.07) is 2.56. The molecule has 15 heavy (non-hydrogen) atoms. The molecule has 1 saturated carbocycles. The topological polar surface area (TPSA) is 43.1 Å². The van der Waals surface area contributed by atoms with Crippen molar-refractivity contribution in [1.82, 2.24) is 0 Å². The highest BCUT2D eigenvalue weighted by Crippen LogP contribution is 2.53. The first-order valence-electron chi connectivity index (χ1n) is 4.43. The van der Waals surface area contributed by atoms with Gasteiger partial charge in [-0.2, -0.15) is 0 Å². The SMILES string of the molecule is NC(=O)C1(c2c(Cl)ccc(F)c2Cl)CC1. The third kappa shape index (κ3) is 1.50. The van der Waals surface area contributed by atoms with Gasteiger partial charge in [0.15, 0.2) is 0 Å². The predicted molar refractivity (Wildman–Crippen MR) is 56.5 cm³/mol. The highest BCUT2D eigenvalue weighted by Gasteiger charge is 2.52. The molecule has 0 atom stereocenters. The monoisotopic (exact) mass is 247 g/mol. The van der Waals surface area contributed by atoms with Crippen LogP contribution in [0.1, 0.15) is 18.4 Å². The average Bonchev–Trinajstić information content (AvgIpc) is 2.93. The third-order valence-electron chi connectivity index (χ3n) is 2.74. The molecule has 1 aromatic rings. The van der Waals surface area contributed by atoms with Crippen molar-refractivity contribution in [2.45, 2.75) is 18.3 Å². The molecule has 1 aliphatic rings. The van der Waals surface area contributed by atoms with Crippen LogP contribution in [0.25, 0.3) is 0 Å². The Labute approximate surface area is 96.2 Å². The Hall–Kier alpha value is -0.800. The van der Waals surface area contributed by atoms with Gasteiger partial charge in [0.1, 0.15) is 5.82 Å². The van der Waals surface area contributed by atoms with Gasteiger partial charge < -0.3 is 5.73 Å². The fraction of sp³-hybridized carbons (Fsp3) is 0.300. The lowest BCUT2D eigenvalue weighted by atomic mass is 9.95. The molecular weight excluding hydrogens is 240 g/mol. The molecule has 0 bridgehead atoms. The second-order valence-electron chi connectivity index (χ2n) is 3.66. The molecule has 0 saturated heterocycles. The minimum Gasteiger partial charge on any atom is -0.369 e. The number of rotatable bonds is 2. The van der Waals surface area contributed by atoms with E-state index in [9.17, 15) is 9.18 Å². The fourth-order valence-corrected chi connectivity index (χ4v) is 2.44. The number of halogens is 3. The number of hydrogen-bond donors (Lipinski definition) is 1. The summed E-state index contributed by atoms with van der Waals surface area (Å²) >= 11 is 11.7. The molecular formula is C10H8Cl2FNO. The number of primary amides is 1. The van der Waals surface area contributed by atoms with Crippen molar-refractivity contribution >= 4 is 29.1 Å². The quantitative estimate of drug-likeness (QED) is 0.803. The van der Waals surface area contributed by atoms with Crippen molar-refractivity contribution < 1.29 is 9.18 Å². The predicted octanol–water partition coefficient (Wildman–Crippen LogP) is 2.65. The summed E-state index contributed by atoms with van der Waals surface area (Å²) in [5.74, 6) is -1.08. The molecule has 1 aromatic carbocycles. The summed E-state index contributed by atoms with van der Waals surface area (Å²) < 4.78 is 13.2. The maximum Gasteiger partial charge on any atom is 0.228 e. The van der Waals surface area contributed by atoms with E-state index >= 15 is 0 Å². The van der Waals surface area contributed by atoms with Crippen molar-refractivity contribution in [2.24, 2.45) is 5.73 Å². The van der Waals surface area contributed by atoms with Crippen LogP contribution in [-0.2, 0) is 10.2 Å². The molecule has 1 amide bonds. The van der Waals surface area contributed by atoms with Crippen LogP contribution in [0.15, 0.2) is 12.1 Å². The molecule has 2 N–H and O–H groups in total. The van der Waals surface area contributed by atoms with Crippen LogP contribution in [0.5, 0.6) is 0 Å². The summed E-state index contributed by atoms with van der Waals surface area (Å²) in [4.78, 5) is 11.3. The lowest BCUT2D eigenvalue weighted by molar-refractivity contribution is -0.120. The summed E-state index contributed by atoms with van der Waals surface area (Å²) in [6.45, 7) is 0. The molecule has 2 rings (SSSR count). The van der Waals surface area contributed by atoms with E-state index in [0.29, 0.717) is 18.4 Å². The molecule has 0 aliphatic heterocycles. The lowest BCUT2D eigenvalue weighted by Gasteiger charge is -2.15. The van der Waals surface area contributed by atoms with Crippen LogP contribution in [0.4, 0.5) is 4.39 Å². The molecule has 0 spiro atoms. The van der Waals surface area contributed by atoms with Gasteiger partial charge >= 0.3 is 0 Å². The van der Waals surface area contributed by atoms with Crippen LogP contribution in [0.2, 0.25) is 10.0 Å². The van der Waals surface area contributed by atoms with Gasteiger partial charge in [-0.1, -0.05) is 23.2 Å². The molecule has 1 aliphatic carbocycles. The molecule has 0 heterocycles. The Morgan fingerprint density at radius 2 is 2.00 bits per heavy atom. The first kappa shape index (κ1) is 10.7. The second kappa shape index (κ2) is 3.35. The van der Waals surface area contributed by atoms with Crippen molar-refractivity contribution in [3.05, 3.63) is 33.6 Å². The van der Waals surface area contributed by atoms with Crippen LogP contribution in [-0.4, -0.2) is 5.91 Å². The minimum atomic E-state index is -0.851. The maximum absolute atomic E-state index is 13.2. The molecule has 80 valence electrons. The summed E-state index contributed by atoms with van der Waals surface area (Å²) in [5.41, 5.74) is 4.75. The van der Waals surface area contributed by atoms with E-state index in [0.717, 1.165) is 0 Å². The summed E-state index contributed by atoms with van der Waals surface area (Å²) in [5, 5.41) is 0.191. The van der Waals surface area contributed by atoms with Crippen LogP contribution < -0.4 is 5.73 Å². The average molecular weight is 248 g/mol. The number of benzene rings is 1. The molecule has 0 unspecified atom stereocenters. The summed E-state index contributed by atoms with van der Waals surface area (Å²) in [7, 11) is 0. The van der Waals surface area contributed by atoms with E-state index in [-0.39, 0.29) is 10.0 Å². The fourth-order valence-electron chi connectivity index (χ4n) is 1.71. The van der Waals surface area contributed by atoms with Gasteiger partial charge in [-0.3, -0.25) is 4.79 Å². The Kier molecular flexibility index (Phi) is 2.40. The highest BCUT2D eigenvalue weighted by atomic mass is 35.5. The first-order valence-corrected chi connectivity index (χ1v) is 5.18.